The Morgan fingerprint density at radius 2 is 1.90 bits per heavy atom. The molecule has 3 N–H and O–H groups in total. The monoisotopic (exact) mass is 344 g/mol. The lowest BCUT2D eigenvalue weighted by Crippen LogP contribution is -2.20. The highest BCUT2D eigenvalue weighted by Gasteiger charge is 2.16. The van der Waals surface area contributed by atoms with Crippen LogP contribution in [0.1, 0.15) is 29.2 Å². The molecule has 0 spiro atoms. The number of nitrogens with two attached hydrogens (primary N) is 1. The van der Waals surface area contributed by atoms with E-state index in [9.17, 15) is 4.79 Å². The number of hydrogen-bond acceptors (Lipinski definition) is 2. The van der Waals surface area contributed by atoms with Gasteiger partial charge in [-0.25, -0.2) is 0 Å². The Bertz CT molecular complexity index is 667. The van der Waals surface area contributed by atoms with Gasteiger partial charge in [0, 0.05) is 22.6 Å². The van der Waals surface area contributed by atoms with Crippen molar-refractivity contribution in [2.45, 2.75) is 25.3 Å². The molecule has 1 heterocycles. The summed E-state index contributed by atoms with van der Waals surface area (Å²) in [5.41, 5.74) is 10.8. The van der Waals surface area contributed by atoms with Crippen LogP contribution >= 0.6 is 15.9 Å². The second-order valence-corrected chi connectivity index (χ2v) is 6.32. The van der Waals surface area contributed by atoms with Gasteiger partial charge in [0.2, 0.25) is 5.91 Å². The van der Waals surface area contributed by atoms with Gasteiger partial charge >= 0.3 is 0 Å². The second kappa shape index (κ2) is 6.00. The first-order valence-corrected chi connectivity index (χ1v) is 7.84. The fourth-order valence-corrected chi connectivity index (χ4v) is 2.89. The minimum absolute atomic E-state index is 0.0332. The van der Waals surface area contributed by atoms with Crippen molar-refractivity contribution in [1.82, 2.24) is 0 Å². The van der Waals surface area contributed by atoms with Crippen molar-refractivity contribution >= 4 is 27.5 Å². The number of halogens is 1. The molecule has 0 saturated carbocycles. The molecule has 0 fully saturated rings. The molecule has 1 amide bonds. The first kappa shape index (κ1) is 14.3. The molecule has 21 heavy (non-hydrogen) atoms. The first-order valence-electron chi connectivity index (χ1n) is 7.04. The molecule has 0 bridgehead atoms. The van der Waals surface area contributed by atoms with Crippen LogP contribution in [0.25, 0.3) is 0 Å². The number of amides is 1. The summed E-state index contributed by atoms with van der Waals surface area (Å²) in [4.78, 5) is 11.4. The minimum Gasteiger partial charge on any atom is -0.326 e. The molecular weight excluding hydrogens is 328 g/mol. The predicted molar refractivity (Wildman–Crippen MR) is 88.2 cm³/mol. The number of hydrogen-bond donors (Lipinski definition) is 2. The van der Waals surface area contributed by atoms with Crippen molar-refractivity contribution in [3.63, 3.8) is 0 Å². The van der Waals surface area contributed by atoms with E-state index < -0.39 is 0 Å². The smallest absolute Gasteiger partial charge is 0.224 e. The van der Waals surface area contributed by atoms with Crippen LogP contribution in [0.2, 0.25) is 0 Å². The third-order valence-corrected chi connectivity index (χ3v) is 4.35. The average Bonchev–Trinajstić information content (AvgIpc) is 2.49. The van der Waals surface area contributed by atoms with Crippen LogP contribution in [-0.2, 0) is 17.6 Å². The molecule has 0 aromatic heterocycles. The molecule has 2 aromatic carbocycles. The van der Waals surface area contributed by atoms with Gasteiger partial charge in [-0.3, -0.25) is 4.79 Å². The molecule has 108 valence electrons. The van der Waals surface area contributed by atoms with E-state index in [1.165, 1.54) is 11.1 Å². The second-order valence-electron chi connectivity index (χ2n) is 5.40. The Kier molecular flexibility index (Phi) is 4.08. The highest BCUT2D eigenvalue weighted by atomic mass is 79.9. The Morgan fingerprint density at radius 3 is 2.67 bits per heavy atom. The molecule has 2 aromatic rings. The third-order valence-electron chi connectivity index (χ3n) is 3.82. The Hall–Kier alpha value is -1.65. The van der Waals surface area contributed by atoms with Crippen LogP contribution in [0.5, 0.6) is 0 Å². The molecule has 3 rings (SSSR count). The standard InChI is InChI=1S/C17H17BrN2O/c18-14-5-1-11(2-6-14)9-15(19)12-3-7-16-13(10-12)4-8-17(21)20-16/h1-3,5-7,10,15H,4,8-9,19H2,(H,20,21). The van der Waals surface area contributed by atoms with Crippen molar-refractivity contribution in [2.75, 3.05) is 5.32 Å². The van der Waals surface area contributed by atoms with Gasteiger partial charge in [0.1, 0.15) is 0 Å². The molecule has 1 atom stereocenters. The molecule has 3 nitrogen and oxygen atoms in total. The number of benzene rings is 2. The molecule has 1 unspecified atom stereocenters. The summed E-state index contributed by atoms with van der Waals surface area (Å²) in [6, 6.07) is 14.3. The van der Waals surface area contributed by atoms with Gasteiger partial charge in [0.05, 0.1) is 0 Å². The molecule has 1 aliphatic rings. The molecule has 4 heteroatoms. The number of carbonyl (C=O) groups is 1. The maximum absolute atomic E-state index is 11.4. The topological polar surface area (TPSA) is 55.1 Å². The van der Waals surface area contributed by atoms with Crippen LogP contribution in [0, 0.1) is 0 Å². The number of fused-ring (bicyclic) bond motifs is 1. The van der Waals surface area contributed by atoms with E-state index in [2.05, 4.69) is 39.4 Å². The van der Waals surface area contributed by atoms with Crippen molar-refractivity contribution in [3.05, 3.63) is 63.6 Å². The highest BCUT2D eigenvalue weighted by molar-refractivity contribution is 9.10. The van der Waals surface area contributed by atoms with Crippen LogP contribution < -0.4 is 11.1 Å². The molecular formula is C17H17BrN2O. The Morgan fingerprint density at radius 1 is 1.14 bits per heavy atom. The van der Waals surface area contributed by atoms with Crippen LogP contribution in [0.3, 0.4) is 0 Å². The van der Waals surface area contributed by atoms with Gasteiger partial charge in [0.15, 0.2) is 0 Å². The van der Waals surface area contributed by atoms with E-state index in [0.717, 1.165) is 28.6 Å². The van der Waals surface area contributed by atoms with Crippen molar-refractivity contribution in [1.29, 1.82) is 0 Å². The Labute approximate surface area is 132 Å². The zero-order valence-corrected chi connectivity index (χ0v) is 13.2. The van der Waals surface area contributed by atoms with Crippen molar-refractivity contribution in [2.24, 2.45) is 5.73 Å². The van der Waals surface area contributed by atoms with Gasteiger partial charge in [-0.15, -0.1) is 0 Å². The van der Waals surface area contributed by atoms with Gasteiger partial charge in [-0.05, 0) is 47.7 Å². The zero-order valence-electron chi connectivity index (χ0n) is 11.6. The van der Waals surface area contributed by atoms with E-state index >= 15 is 0 Å². The van der Waals surface area contributed by atoms with E-state index in [4.69, 9.17) is 5.73 Å². The normalized spacial score (nSPS) is 15.2. The first-order chi connectivity index (χ1) is 10.1. The van der Waals surface area contributed by atoms with Crippen molar-refractivity contribution < 1.29 is 4.79 Å². The maximum Gasteiger partial charge on any atom is 0.224 e. The summed E-state index contributed by atoms with van der Waals surface area (Å²) in [5.74, 6) is 0.0920. The lowest BCUT2D eigenvalue weighted by atomic mass is 9.94. The van der Waals surface area contributed by atoms with E-state index in [1.54, 1.807) is 0 Å². The minimum atomic E-state index is -0.0332. The van der Waals surface area contributed by atoms with Crippen LogP contribution in [-0.4, -0.2) is 5.91 Å². The number of aryl methyl sites for hydroxylation is 1. The Balaban J connectivity index is 1.77. The zero-order chi connectivity index (χ0) is 14.8. The number of carbonyl (C=O) groups excluding carboxylic acids is 1. The predicted octanol–water partition coefficient (Wildman–Crippen LogP) is 3.58. The maximum atomic E-state index is 11.4. The number of anilines is 1. The lowest BCUT2D eigenvalue weighted by molar-refractivity contribution is -0.116. The average molecular weight is 345 g/mol. The highest BCUT2D eigenvalue weighted by Crippen LogP contribution is 2.27. The third kappa shape index (κ3) is 3.34. The van der Waals surface area contributed by atoms with Gasteiger partial charge in [0.25, 0.3) is 0 Å². The molecule has 1 aliphatic heterocycles. The van der Waals surface area contributed by atoms with E-state index in [-0.39, 0.29) is 11.9 Å². The van der Waals surface area contributed by atoms with Gasteiger partial charge in [-0.1, -0.05) is 40.2 Å². The van der Waals surface area contributed by atoms with E-state index in [0.29, 0.717) is 6.42 Å². The fraction of sp³-hybridized carbons (Fsp3) is 0.235. The van der Waals surface area contributed by atoms with Crippen LogP contribution in [0.4, 0.5) is 5.69 Å². The summed E-state index contributed by atoms with van der Waals surface area (Å²) in [7, 11) is 0. The summed E-state index contributed by atoms with van der Waals surface area (Å²) >= 11 is 3.44. The van der Waals surface area contributed by atoms with Gasteiger partial charge in [-0.2, -0.15) is 0 Å². The van der Waals surface area contributed by atoms with Crippen molar-refractivity contribution in [3.8, 4) is 0 Å². The van der Waals surface area contributed by atoms with E-state index in [1.807, 2.05) is 24.3 Å². The number of nitrogens with one attached hydrogen (secondary N) is 1. The molecule has 0 saturated heterocycles. The fourth-order valence-electron chi connectivity index (χ4n) is 2.63. The summed E-state index contributed by atoms with van der Waals surface area (Å²) in [6.07, 6.45) is 2.15. The molecule has 0 radical (unpaired) electrons. The largest absolute Gasteiger partial charge is 0.326 e. The summed E-state index contributed by atoms with van der Waals surface area (Å²) < 4.78 is 1.07. The lowest BCUT2D eigenvalue weighted by Gasteiger charge is -2.20. The summed E-state index contributed by atoms with van der Waals surface area (Å²) in [5, 5.41) is 2.90. The number of rotatable bonds is 3. The SMILES string of the molecule is NC(Cc1ccc(Br)cc1)c1ccc2c(c1)CCC(=O)N2. The van der Waals surface area contributed by atoms with Gasteiger partial charge < -0.3 is 11.1 Å². The molecule has 0 aliphatic carbocycles. The van der Waals surface area contributed by atoms with Crippen LogP contribution in [0.15, 0.2) is 46.9 Å². The quantitative estimate of drug-likeness (QED) is 0.893. The summed E-state index contributed by atoms with van der Waals surface area (Å²) in [6.45, 7) is 0.